The van der Waals surface area contributed by atoms with Crippen LogP contribution < -0.4 is 16.2 Å². The molecule has 0 bridgehead atoms. The third-order valence-electron chi connectivity index (χ3n) is 4.65. The van der Waals surface area contributed by atoms with Gasteiger partial charge in [0.25, 0.3) is 0 Å². The summed E-state index contributed by atoms with van der Waals surface area (Å²) >= 11 is 0. The molecule has 0 aliphatic heterocycles. The predicted molar refractivity (Wildman–Crippen MR) is 111 cm³/mol. The smallest absolute Gasteiger partial charge is 0.248 e. The highest BCUT2D eigenvalue weighted by Crippen LogP contribution is 2.31. The lowest BCUT2D eigenvalue weighted by Gasteiger charge is -2.19. The number of benzene rings is 1. The van der Waals surface area contributed by atoms with E-state index >= 15 is 0 Å². The van der Waals surface area contributed by atoms with Crippen molar-refractivity contribution in [2.24, 2.45) is 5.73 Å². The Morgan fingerprint density at radius 1 is 1.23 bits per heavy atom. The highest BCUT2D eigenvalue weighted by Gasteiger charge is 2.19. The second-order valence-electron chi connectivity index (χ2n) is 6.72. The lowest BCUT2D eigenvalue weighted by atomic mass is 10.1. The van der Waals surface area contributed by atoms with E-state index in [1.807, 2.05) is 13.0 Å². The molecule has 152 valence electrons. The first kappa shape index (κ1) is 19.3. The standard InChI is InChI=1S/C21H20N6O3/c1-12(19-17(27-8-2-7-24-27)6-4-15(11-28)25-19)30-18-10-14-9-13(21(23)29)3-5-16(14)26-20(18)22/h2-10,12,28H,11H2,1H3,(H2,22,26)(H2,23,29). The summed E-state index contributed by atoms with van der Waals surface area (Å²) in [6.45, 7) is 1.62. The molecule has 0 aliphatic carbocycles. The average Bonchev–Trinajstić information content (AvgIpc) is 3.28. The minimum atomic E-state index is -0.531. The van der Waals surface area contributed by atoms with Crippen molar-refractivity contribution in [3.63, 3.8) is 0 Å². The largest absolute Gasteiger partial charge is 0.480 e. The molecule has 0 saturated carbocycles. The molecule has 3 aromatic heterocycles. The number of rotatable bonds is 6. The molecule has 0 spiro atoms. The summed E-state index contributed by atoms with van der Waals surface area (Å²) in [4.78, 5) is 20.3. The van der Waals surface area contributed by atoms with Gasteiger partial charge in [0, 0.05) is 23.3 Å². The number of nitrogens with two attached hydrogens (primary N) is 2. The van der Waals surface area contributed by atoms with Crippen LogP contribution in [0, 0.1) is 0 Å². The van der Waals surface area contributed by atoms with Gasteiger partial charge in [-0.3, -0.25) is 4.79 Å². The number of aliphatic hydroxyl groups excluding tert-OH is 1. The summed E-state index contributed by atoms with van der Waals surface area (Å²) in [5.41, 5.74) is 14.3. The topological polar surface area (TPSA) is 142 Å². The number of hydrogen-bond donors (Lipinski definition) is 3. The number of anilines is 1. The van der Waals surface area contributed by atoms with Gasteiger partial charge in [-0.1, -0.05) is 0 Å². The molecular formula is C21H20N6O3. The number of carbonyl (C=O) groups excluding carboxylic acids is 1. The molecule has 4 rings (SSSR count). The van der Waals surface area contributed by atoms with Gasteiger partial charge < -0.3 is 21.3 Å². The van der Waals surface area contributed by atoms with Gasteiger partial charge in [-0.15, -0.1) is 0 Å². The zero-order chi connectivity index (χ0) is 21.3. The predicted octanol–water partition coefficient (Wildman–Crippen LogP) is 2.13. The van der Waals surface area contributed by atoms with Gasteiger partial charge >= 0.3 is 0 Å². The van der Waals surface area contributed by atoms with Crippen molar-refractivity contribution in [1.29, 1.82) is 0 Å². The number of nitrogen functional groups attached to an aromatic ring is 1. The van der Waals surface area contributed by atoms with Crippen LogP contribution in [0.15, 0.2) is 54.9 Å². The monoisotopic (exact) mass is 404 g/mol. The number of aromatic nitrogens is 4. The minimum absolute atomic E-state index is 0.200. The summed E-state index contributed by atoms with van der Waals surface area (Å²) in [7, 11) is 0. The number of amides is 1. The van der Waals surface area contributed by atoms with Crippen LogP contribution in [0.4, 0.5) is 5.82 Å². The molecule has 1 amide bonds. The van der Waals surface area contributed by atoms with E-state index in [4.69, 9.17) is 16.2 Å². The van der Waals surface area contributed by atoms with Gasteiger partial charge in [-0.2, -0.15) is 5.10 Å². The fourth-order valence-corrected chi connectivity index (χ4v) is 3.17. The summed E-state index contributed by atoms with van der Waals surface area (Å²) in [5, 5.41) is 14.4. The van der Waals surface area contributed by atoms with Crippen molar-refractivity contribution in [1.82, 2.24) is 19.7 Å². The van der Waals surface area contributed by atoms with Crippen molar-refractivity contribution in [3.8, 4) is 11.4 Å². The van der Waals surface area contributed by atoms with E-state index in [1.165, 1.54) is 0 Å². The first-order chi connectivity index (χ1) is 14.5. The number of fused-ring (bicyclic) bond motifs is 1. The van der Waals surface area contributed by atoms with E-state index in [9.17, 15) is 9.90 Å². The lowest BCUT2D eigenvalue weighted by molar-refractivity contribution is 0.100. The normalized spacial score (nSPS) is 12.1. The minimum Gasteiger partial charge on any atom is -0.480 e. The average molecular weight is 404 g/mol. The Morgan fingerprint density at radius 2 is 2.07 bits per heavy atom. The SMILES string of the molecule is CC(Oc1cc2cc(C(N)=O)ccc2nc1N)c1nc(CO)ccc1-n1cccn1. The Labute approximate surface area is 171 Å². The van der Waals surface area contributed by atoms with E-state index in [1.54, 1.807) is 53.5 Å². The Morgan fingerprint density at radius 3 is 2.77 bits per heavy atom. The highest BCUT2D eigenvalue weighted by atomic mass is 16.5. The van der Waals surface area contributed by atoms with Crippen LogP contribution in [0.1, 0.15) is 34.8 Å². The molecule has 9 nitrogen and oxygen atoms in total. The number of hydrogen-bond acceptors (Lipinski definition) is 7. The number of ether oxygens (including phenoxy) is 1. The molecule has 0 fully saturated rings. The van der Waals surface area contributed by atoms with Gasteiger partial charge in [0.05, 0.1) is 23.5 Å². The van der Waals surface area contributed by atoms with Crippen LogP contribution in [0.3, 0.4) is 0 Å². The maximum absolute atomic E-state index is 11.5. The Hall–Kier alpha value is -3.98. The Balaban J connectivity index is 1.73. The Kier molecular flexibility index (Phi) is 5.03. The molecular weight excluding hydrogens is 384 g/mol. The van der Waals surface area contributed by atoms with Gasteiger partial charge in [0.1, 0.15) is 11.8 Å². The summed E-state index contributed by atoms with van der Waals surface area (Å²) < 4.78 is 7.76. The number of pyridine rings is 2. The lowest BCUT2D eigenvalue weighted by Crippen LogP contribution is -2.13. The van der Waals surface area contributed by atoms with Crippen LogP contribution in [-0.4, -0.2) is 30.8 Å². The second-order valence-corrected chi connectivity index (χ2v) is 6.72. The summed E-state index contributed by atoms with van der Waals surface area (Å²) in [5.74, 6) is 0.0257. The number of carbonyl (C=O) groups is 1. The number of aliphatic hydroxyl groups is 1. The fraction of sp³-hybridized carbons (Fsp3) is 0.143. The van der Waals surface area contributed by atoms with E-state index in [0.29, 0.717) is 39.3 Å². The van der Waals surface area contributed by atoms with Crippen LogP contribution in [0.25, 0.3) is 16.6 Å². The van der Waals surface area contributed by atoms with Crippen LogP contribution in [0.5, 0.6) is 5.75 Å². The molecule has 5 N–H and O–H groups in total. The second kappa shape index (κ2) is 7.80. The zero-order valence-electron chi connectivity index (χ0n) is 16.2. The molecule has 0 saturated heterocycles. The molecule has 3 heterocycles. The van der Waals surface area contributed by atoms with Crippen molar-refractivity contribution >= 4 is 22.6 Å². The van der Waals surface area contributed by atoms with Crippen molar-refractivity contribution in [2.45, 2.75) is 19.6 Å². The van der Waals surface area contributed by atoms with E-state index in [2.05, 4.69) is 15.1 Å². The van der Waals surface area contributed by atoms with Crippen molar-refractivity contribution < 1.29 is 14.6 Å². The van der Waals surface area contributed by atoms with Crippen molar-refractivity contribution in [2.75, 3.05) is 5.73 Å². The van der Waals surface area contributed by atoms with Crippen LogP contribution in [-0.2, 0) is 6.61 Å². The molecule has 0 aliphatic rings. The van der Waals surface area contributed by atoms with E-state index < -0.39 is 12.0 Å². The van der Waals surface area contributed by atoms with E-state index in [-0.39, 0.29) is 12.4 Å². The van der Waals surface area contributed by atoms with Gasteiger partial charge in [-0.25, -0.2) is 14.6 Å². The van der Waals surface area contributed by atoms with E-state index in [0.717, 1.165) is 0 Å². The number of primary amides is 1. The maximum atomic E-state index is 11.5. The first-order valence-corrected chi connectivity index (χ1v) is 9.23. The molecule has 4 aromatic rings. The third-order valence-corrected chi connectivity index (χ3v) is 4.65. The van der Waals surface area contributed by atoms with Crippen LogP contribution >= 0.6 is 0 Å². The summed E-state index contributed by atoms with van der Waals surface area (Å²) in [6, 6.07) is 12.0. The van der Waals surface area contributed by atoms with Crippen LogP contribution in [0.2, 0.25) is 0 Å². The van der Waals surface area contributed by atoms with Gasteiger partial charge in [0.15, 0.2) is 11.6 Å². The third kappa shape index (κ3) is 3.65. The molecule has 30 heavy (non-hydrogen) atoms. The maximum Gasteiger partial charge on any atom is 0.248 e. The molecule has 1 aromatic carbocycles. The first-order valence-electron chi connectivity index (χ1n) is 9.23. The van der Waals surface area contributed by atoms with Gasteiger partial charge in [0.2, 0.25) is 5.91 Å². The number of nitrogens with zero attached hydrogens (tertiary/aromatic N) is 4. The molecule has 1 atom stereocenters. The quantitative estimate of drug-likeness (QED) is 0.447. The Bertz CT molecular complexity index is 1220. The molecule has 1 unspecified atom stereocenters. The van der Waals surface area contributed by atoms with Gasteiger partial charge in [-0.05, 0) is 49.4 Å². The van der Waals surface area contributed by atoms with Crippen molar-refractivity contribution in [3.05, 3.63) is 71.8 Å². The fourth-order valence-electron chi connectivity index (χ4n) is 3.17. The molecule has 0 radical (unpaired) electrons. The zero-order valence-corrected chi connectivity index (χ0v) is 16.2. The summed E-state index contributed by atoms with van der Waals surface area (Å²) in [6.07, 6.45) is 2.93. The molecule has 9 heteroatoms. The highest BCUT2D eigenvalue weighted by molar-refractivity contribution is 5.97.